The van der Waals surface area contributed by atoms with Crippen molar-refractivity contribution >= 4 is 27.4 Å². The summed E-state index contributed by atoms with van der Waals surface area (Å²) in [5, 5.41) is 1.09. The van der Waals surface area contributed by atoms with Gasteiger partial charge < -0.3 is 9.72 Å². The predicted octanol–water partition coefficient (Wildman–Crippen LogP) is 1.90. The average Bonchev–Trinajstić information content (AvgIpc) is 2.96. The Morgan fingerprint density at radius 2 is 1.96 bits per heavy atom. The van der Waals surface area contributed by atoms with Gasteiger partial charge in [-0.1, -0.05) is 6.08 Å². The lowest BCUT2D eigenvalue weighted by atomic mass is 10.0. The maximum Gasteiger partial charge on any atom is 0.307 e. The number of Topliss-reactive ketones (excluding diaryl/α,β-unsaturated/α-hetero) is 2. The zero-order valence-electron chi connectivity index (χ0n) is 14.6. The molecule has 0 saturated heterocycles. The second-order valence-corrected chi connectivity index (χ2v) is 8.23. The lowest BCUT2D eigenvalue weighted by molar-refractivity contribution is -0.146. The standard InChI is InChI=1S/C17H21NO6S/c1-9-15(11(3)19)10(2)18-16(9)17(21)12(4)24-14(20)7-13-5-6-25(22,23)8-13/h5-6,12-13,18H,7-8H2,1-4H3. The normalized spacial score (nSPS) is 19.6. The Bertz CT molecular complexity index is 862. The molecule has 0 fully saturated rings. The van der Waals surface area contributed by atoms with Crippen molar-refractivity contribution in [1.82, 2.24) is 4.98 Å². The van der Waals surface area contributed by atoms with Gasteiger partial charge in [-0.2, -0.15) is 0 Å². The molecule has 1 N–H and O–H groups in total. The van der Waals surface area contributed by atoms with Crippen molar-refractivity contribution in [3.8, 4) is 0 Å². The summed E-state index contributed by atoms with van der Waals surface area (Å²) in [4.78, 5) is 39.0. The van der Waals surface area contributed by atoms with Crippen LogP contribution in [-0.2, 0) is 19.4 Å². The van der Waals surface area contributed by atoms with Crippen LogP contribution in [0, 0.1) is 19.8 Å². The molecule has 0 aliphatic carbocycles. The number of hydrogen-bond donors (Lipinski definition) is 1. The summed E-state index contributed by atoms with van der Waals surface area (Å²) in [6.45, 7) is 6.23. The molecule has 0 bridgehead atoms. The van der Waals surface area contributed by atoms with Crippen LogP contribution in [0.2, 0.25) is 0 Å². The van der Waals surface area contributed by atoms with Crippen molar-refractivity contribution in [1.29, 1.82) is 0 Å². The van der Waals surface area contributed by atoms with Crippen molar-refractivity contribution in [3.05, 3.63) is 34.0 Å². The van der Waals surface area contributed by atoms with E-state index in [1.165, 1.54) is 19.9 Å². The number of H-pyrrole nitrogens is 1. The summed E-state index contributed by atoms with van der Waals surface area (Å²) in [5.41, 5.74) is 1.82. The number of ether oxygens (including phenoxy) is 1. The minimum atomic E-state index is -3.24. The minimum Gasteiger partial charge on any atom is -0.454 e. The smallest absolute Gasteiger partial charge is 0.307 e. The zero-order chi connectivity index (χ0) is 18.9. The summed E-state index contributed by atoms with van der Waals surface area (Å²) < 4.78 is 27.8. The number of aromatic nitrogens is 1. The van der Waals surface area contributed by atoms with Crippen LogP contribution in [0.5, 0.6) is 0 Å². The van der Waals surface area contributed by atoms with Crippen LogP contribution in [0.4, 0.5) is 0 Å². The van der Waals surface area contributed by atoms with E-state index in [-0.39, 0.29) is 23.7 Å². The number of esters is 1. The number of carbonyl (C=O) groups is 3. The maximum absolute atomic E-state index is 12.5. The summed E-state index contributed by atoms with van der Waals surface area (Å²) in [5.74, 6) is -1.78. The highest BCUT2D eigenvalue weighted by Crippen LogP contribution is 2.22. The van der Waals surface area contributed by atoms with Gasteiger partial charge in [-0.25, -0.2) is 8.42 Å². The Kier molecular flexibility index (Phi) is 5.31. The van der Waals surface area contributed by atoms with Crippen molar-refractivity contribution in [2.75, 3.05) is 5.75 Å². The van der Waals surface area contributed by atoms with Crippen LogP contribution in [0.1, 0.15) is 52.4 Å². The van der Waals surface area contributed by atoms with Crippen LogP contribution in [0.3, 0.4) is 0 Å². The summed E-state index contributed by atoms with van der Waals surface area (Å²) in [6, 6.07) is 0. The quantitative estimate of drug-likeness (QED) is 0.607. The third kappa shape index (κ3) is 4.25. The van der Waals surface area contributed by atoms with E-state index in [1.807, 2.05) is 0 Å². The van der Waals surface area contributed by atoms with E-state index in [9.17, 15) is 22.8 Å². The maximum atomic E-state index is 12.5. The van der Waals surface area contributed by atoms with Gasteiger partial charge in [0.2, 0.25) is 5.78 Å². The number of aryl methyl sites for hydroxylation is 1. The number of ketones is 2. The fourth-order valence-corrected chi connectivity index (χ4v) is 4.41. The van der Waals surface area contributed by atoms with E-state index < -0.39 is 33.6 Å². The van der Waals surface area contributed by atoms with Crippen LogP contribution in [0.25, 0.3) is 0 Å². The van der Waals surface area contributed by atoms with Crippen molar-refractivity contribution < 1.29 is 27.5 Å². The number of sulfone groups is 1. The first-order valence-corrected chi connectivity index (χ1v) is 9.58. The molecule has 1 aromatic heterocycles. The van der Waals surface area contributed by atoms with Crippen LogP contribution in [-0.4, -0.2) is 42.8 Å². The topological polar surface area (TPSA) is 110 Å². The molecule has 1 aliphatic rings. The number of carbonyl (C=O) groups excluding carboxylic acids is 3. The molecule has 0 amide bonds. The number of hydrogen-bond acceptors (Lipinski definition) is 6. The second kappa shape index (κ2) is 6.95. The van der Waals surface area contributed by atoms with E-state index in [1.54, 1.807) is 13.8 Å². The number of rotatable bonds is 6. The SMILES string of the molecule is CC(=O)c1c(C)[nH]c(C(=O)C(C)OC(=O)CC2C=CS(=O)(=O)C2)c1C. The molecule has 0 aromatic carbocycles. The van der Waals surface area contributed by atoms with Crippen LogP contribution < -0.4 is 0 Å². The molecule has 0 saturated carbocycles. The molecule has 0 radical (unpaired) electrons. The van der Waals surface area contributed by atoms with Gasteiger partial charge in [0.05, 0.1) is 17.9 Å². The predicted molar refractivity (Wildman–Crippen MR) is 91.2 cm³/mol. The third-order valence-corrected chi connectivity index (χ3v) is 5.61. The molecule has 8 heteroatoms. The molecule has 2 unspecified atom stereocenters. The van der Waals surface area contributed by atoms with Crippen LogP contribution >= 0.6 is 0 Å². The van der Waals surface area contributed by atoms with Crippen LogP contribution in [0.15, 0.2) is 11.5 Å². The summed E-state index contributed by atoms with van der Waals surface area (Å²) >= 11 is 0. The van der Waals surface area contributed by atoms with Crippen molar-refractivity contribution in [2.24, 2.45) is 5.92 Å². The Morgan fingerprint density at radius 1 is 1.32 bits per heavy atom. The van der Waals surface area contributed by atoms with Crippen molar-refractivity contribution in [2.45, 2.75) is 40.2 Å². The van der Waals surface area contributed by atoms with Gasteiger partial charge >= 0.3 is 5.97 Å². The molecule has 7 nitrogen and oxygen atoms in total. The fourth-order valence-electron chi connectivity index (χ4n) is 3.01. The van der Waals surface area contributed by atoms with Gasteiger partial charge in [-0.15, -0.1) is 0 Å². The molecule has 2 rings (SSSR count). The lowest BCUT2D eigenvalue weighted by Crippen LogP contribution is -2.26. The van der Waals surface area contributed by atoms with Gasteiger partial charge in [0.25, 0.3) is 0 Å². The van der Waals surface area contributed by atoms with E-state index in [0.717, 1.165) is 5.41 Å². The van der Waals surface area contributed by atoms with Gasteiger partial charge in [0, 0.05) is 22.6 Å². The highest BCUT2D eigenvalue weighted by molar-refractivity contribution is 7.94. The molecule has 0 spiro atoms. The summed E-state index contributed by atoms with van der Waals surface area (Å²) in [6.07, 6.45) is 0.321. The minimum absolute atomic E-state index is 0.102. The van der Waals surface area contributed by atoms with E-state index in [2.05, 4.69) is 4.98 Å². The second-order valence-electron chi connectivity index (χ2n) is 6.30. The molecule has 25 heavy (non-hydrogen) atoms. The first-order valence-electron chi connectivity index (χ1n) is 7.86. The zero-order valence-corrected chi connectivity index (χ0v) is 15.4. The Balaban J connectivity index is 2.03. The first-order chi connectivity index (χ1) is 11.5. The van der Waals surface area contributed by atoms with Gasteiger partial charge in [-0.05, 0) is 33.3 Å². The molecular weight excluding hydrogens is 346 g/mol. The molecule has 2 atom stereocenters. The highest BCUT2D eigenvalue weighted by Gasteiger charge is 2.28. The van der Waals surface area contributed by atoms with E-state index in [4.69, 9.17) is 4.74 Å². The monoisotopic (exact) mass is 367 g/mol. The molecule has 136 valence electrons. The Morgan fingerprint density at radius 3 is 2.44 bits per heavy atom. The molecule has 1 aliphatic heterocycles. The number of nitrogens with one attached hydrogen (secondary N) is 1. The molecule has 2 heterocycles. The largest absolute Gasteiger partial charge is 0.454 e. The first kappa shape index (κ1) is 19.1. The third-order valence-electron chi connectivity index (χ3n) is 4.15. The Hall–Kier alpha value is -2.22. The van der Waals surface area contributed by atoms with Gasteiger partial charge in [-0.3, -0.25) is 14.4 Å². The van der Waals surface area contributed by atoms with Gasteiger partial charge in [0.1, 0.15) is 0 Å². The van der Waals surface area contributed by atoms with E-state index >= 15 is 0 Å². The number of aromatic amines is 1. The molecule has 1 aromatic rings. The highest BCUT2D eigenvalue weighted by atomic mass is 32.2. The Labute approximate surface area is 146 Å². The summed E-state index contributed by atoms with van der Waals surface area (Å²) in [7, 11) is -3.24. The number of allylic oxidation sites excluding steroid dienone is 1. The van der Waals surface area contributed by atoms with E-state index in [0.29, 0.717) is 16.8 Å². The fraction of sp³-hybridized carbons (Fsp3) is 0.471. The lowest BCUT2D eigenvalue weighted by Gasteiger charge is -2.13. The van der Waals surface area contributed by atoms with Crippen molar-refractivity contribution in [3.63, 3.8) is 0 Å². The van der Waals surface area contributed by atoms with Gasteiger partial charge in [0.15, 0.2) is 21.7 Å². The molecular formula is C17H21NO6S. The average molecular weight is 367 g/mol.